The number of nitrogens with one attached hydrogen (secondary N) is 1. The molecule has 1 aliphatic rings. The van der Waals surface area contributed by atoms with E-state index in [1.54, 1.807) is 33.0 Å². The minimum Gasteiger partial charge on any atom is -0.493 e. The molecule has 7 nitrogen and oxygen atoms in total. The number of rotatable bonds is 6. The van der Waals surface area contributed by atoms with Crippen LogP contribution in [0.2, 0.25) is 0 Å². The zero-order valence-corrected chi connectivity index (χ0v) is 17.7. The fourth-order valence-corrected chi connectivity index (χ4v) is 3.89. The predicted octanol–water partition coefficient (Wildman–Crippen LogP) is 3.47. The molecule has 7 heteroatoms. The molecule has 2 N–H and O–H groups in total. The number of nitrogens with zero attached hydrogens (tertiary/aromatic N) is 1. The van der Waals surface area contributed by atoms with Gasteiger partial charge >= 0.3 is 12.0 Å². The highest BCUT2D eigenvalue weighted by Crippen LogP contribution is 2.41. The average molecular weight is 412 g/mol. The van der Waals surface area contributed by atoms with Crippen LogP contribution in [-0.4, -0.2) is 48.8 Å². The number of ether oxygens (including phenoxy) is 2. The van der Waals surface area contributed by atoms with Crippen molar-refractivity contribution < 1.29 is 24.2 Å². The SMILES string of the molecule is COc1cc2c(cc1OC)C(c1ccccc1)N(C(=O)N[C@H](C(=O)O)C(C)C)CC2. The summed E-state index contributed by atoms with van der Waals surface area (Å²) in [5.74, 6) is -0.0433. The van der Waals surface area contributed by atoms with Crippen LogP contribution in [0.15, 0.2) is 42.5 Å². The van der Waals surface area contributed by atoms with Gasteiger partial charge in [0.05, 0.1) is 20.3 Å². The number of carboxylic acid groups (broad SMARTS) is 1. The highest BCUT2D eigenvalue weighted by atomic mass is 16.5. The number of aliphatic carboxylic acids is 1. The second-order valence-corrected chi connectivity index (χ2v) is 7.67. The van der Waals surface area contributed by atoms with Gasteiger partial charge in [0.15, 0.2) is 11.5 Å². The Labute approximate surface area is 176 Å². The maximum absolute atomic E-state index is 13.2. The van der Waals surface area contributed by atoms with Crippen LogP contribution in [0.3, 0.4) is 0 Å². The van der Waals surface area contributed by atoms with E-state index >= 15 is 0 Å². The summed E-state index contributed by atoms with van der Waals surface area (Å²) in [7, 11) is 3.18. The van der Waals surface area contributed by atoms with E-state index in [0.29, 0.717) is 24.5 Å². The van der Waals surface area contributed by atoms with Crippen molar-refractivity contribution in [1.82, 2.24) is 10.2 Å². The topological polar surface area (TPSA) is 88.1 Å². The van der Waals surface area contributed by atoms with E-state index < -0.39 is 18.0 Å². The van der Waals surface area contributed by atoms with Gasteiger partial charge in [-0.05, 0) is 41.2 Å². The van der Waals surface area contributed by atoms with Crippen molar-refractivity contribution in [3.8, 4) is 11.5 Å². The Morgan fingerprint density at radius 1 is 1.10 bits per heavy atom. The second kappa shape index (κ2) is 9.07. The van der Waals surface area contributed by atoms with Gasteiger partial charge in [0.25, 0.3) is 0 Å². The molecule has 0 radical (unpaired) electrons. The van der Waals surface area contributed by atoms with Crippen LogP contribution in [0.25, 0.3) is 0 Å². The smallest absolute Gasteiger partial charge is 0.326 e. The zero-order valence-electron chi connectivity index (χ0n) is 17.7. The number of urea groups is 1. The lowest BCUT2D eigenvalue weighted by atomic mass is 9.88. The third-order valence-electron chi connectivity index (χ3n) is 5.46. The van der Waals surface area contributed by atoms with Crippen LogP contribution in [0.5, 0.6) is 11.5 Å². The molecule has 2 aromatic carbocycles. The van der Waals surface area contributed by atoms with E-state index in [-0.39, 0.29) is 12.0 Å². The minimum atomic E-state index is -1.04. The van der Waals surface area contributed by atoms with E-state index in [1.807, 2.05) is 42.5 Å². The molecular formula is C23H28N2O5. The summed E-state index contributed by atoms with van der Waals surface area (Å²) >= 11 is 0. The predicted molar refractivity (Wildman–Crippen MR) is 113 cm³/mol. The number of amides is 2. The quantitative estimate of drug-likeness (QED) is 0.759. The lowest BCUT2D eigenvalue weighted by Crippen LogP contribution is -2.52. The van der Waals surface area contributed by atoms with Crippen molar-refractivity contribution >= 4 is 12.0 Å². The molecule has 30 heavy (non-hydrogen) atoms. The first-order valence-electron chi connectivity index (χ1n) is 9.97. The summed E-state index contributed by atoms with van der Waals surface area (Å²) in [5.41, 5.74) is 2.96. The number of fused-ring (bicyclic) bond motifs is 1. The van der Waals surface area contributed by atoms with E-state index in [1.165, 1.54) is 0 Å². The van der Waals surface area contributed by atoms with E-state index in [0.717, 1.165) is 16.7 Å². The Bertz CT molecular complexity index is 913. The molecule has 0 saturated heterocycles. The molecule has 2 atom stereocenters. The van der Waals surface area contributed by atoms with E-state index in [2.05, 4.69) is 5.32 Å². The van der Waals surface area contributed by atoms with Crippen LogP contribution < -0.4 is 14.8 Å². The number of hydrogen-bond donors (Lipinski definition) is 2. The lowest BCUT2D eigenvalue weighted by molar-refractivity contribution is -0.140. The molecule has 2 amide bonds. The van der Waals surface area contributed by atoms with Gasteiger partial charge in [-0.25, -0.2) is 9.59 Å². The number of hydrogen-bond acceptors (Lipinski definition) is 4. The van der Waals surface area contributed by atoms with Gasteiger partial charge in [-0.1, -0.05) is 44.2 Å². The Kier molecular flexibility index (Phi) is 6.50. The average Bonchev–Trinajstić information content (AvgIpc) is 2.75. The van der Waals surface area contributed by atoms with Crippen molar-refractivity contribution in [2.24, 2.45) is 5.92 Å². The summed E-state index contributed by atoms with van der Waals surface area (Å²) in [6.45, 7) is 4.01. The fraction of sp³-hybridized carbons (Fsp3) is 0.391. The van der Waals surface area contributed by atoms with Crippen molar-refractivity contribution in [3.05, 3.63) is 59.2 Å². The molecule has 2 aromatic rings. The van der Waals surface area contributed by atoms with E-state index in [9.17, 15) is 14.7 Å². The van der Waals surface area contributed by atoms with Gasteiger partial charge in [0.2, 0.25) is 0 Å². The maximum Gasteiger partial charge on any atom is 0.326 e. The van der Waals surface area contributed by atoms with Gasteiger partial charge in [0.1, 0.15) is 6.04 Å². The molecule has 0 fully saturated rings. The summed E-state index contributed by atoms with van der Waals surface area (Å²) in [5, 5.41) is 12.2. The molecule has 3 rings (SSSR count). The molecule has 1 unspecified atom stereocenters. The Balaban J connectivity index is 2.05. The van der Waals surface area contributed by atoms with Gasteiger partial charge in [-0.15, -0.1) is 0 Å². The van der Waals surface area contributed by atoms with Crippen LogP contribution in [0.1, 0.15) is 36.6 Å². The van der Waals surface area contributed by atoms with Gasteiger partial charge in [-0.2, -0.15) is 0 Å². The molecule has 1 heterocycles. The first-order chi connectivity index (χ1) is 14.4. The number of carboxylic acids is 1. The highest BCUT2D eigenvalue weighted by molar-refractivity contribution is 5.83. The Hall–Kier alpha value is -3.22. The largest absolute Gasteiger partial charge is 0.493 e. The van der Waals surface area contributed by atoms with E-state index in [4.69, 9.17) is 9.47 Å². The highest BCUT2D eigenvalue weighted by Gasteiger charge is 2.35. The van der Waals surface area contributed by atoms with Gasteiger partial charge < -0.3 is 24.8 Å². The zero-order chi connectivity index (χ0) is 21.8. The van der Waals surface area contributed by atoms with Crippen LogP contribution in [0, 0.1) is 5.92 Å². The molecule has 0 saturated carbocycles. The molecule has 0 aliphatic carbocycles. The lowest BCUT2D eigenvalue weighted by Gasteiger charge is -2.38. The minimum absolute atomic E-state index is 0.233. The summed E-state index contributed by atoms with van der Waals surface area (Å²) < 4.78 is 10.9. The van der Waals surface area contributed by atoms with Crippen LogP contribution in [-0.2, 0) is 11.2 Å². The molecule has 0 bridgehead atoms. The third kappa shape index (κ3) is 4.20. The van der Waals surface area contributed by atoms with Gasteiger partial charge in [0, 0.05) is 6.54 Å². The second-order valence-electron chi connectivity index (χ2n) is 7.67. The molecular weight excluding hydrogens is 384 g/mol. The number of carbonyl (C=O) groups is 2. The summed E-state index contributed by atoms with van der Waals surface area (Å²) in [6.07, 6.45) is 0.631. The first kappa shape index (κ1) is 21.5. The first-order valence-corrected chi connectivity index (χ1v) is 9.97. The fourth-order valence-electron chi connectivity index (χ4n) is 3.89. The summed E-state index contributed by atoms with van der Waals surface area (Å²) in [4.78, 5) is 26.5. The number of methoxy groups -OCH3 is 2. The van der Waals surface area contributed by atoms with Gasteiger partial charge in [-0.3, -0.25) is 0 Å². The molecule has 0 aromatic heterocycles. The number of benzene rings is 2. The van der Waals surface area contributed by atoms with Crippen LogP contribution >= 0.6 is 0 Å². The molecule has 1 aliphatic heterocycles. The third-order valence-corrected chi connectivity index (χ3v) is 5.46. The van der Waals surface area contributed by atoms with Crippen molar-refractivity contribution in [2.45, 2.75) is 32.4 Å². The maximum atomic E-state index is 13.2. The molecule has 160 valence electrons. The monoisotopic (exact) mass is 412 g/mol. The Morgan fingerprint density at radius 3 is 2.30 bits per heavy atom. The Morgan fingerprint density at radius 2 is 1.73 bits per heavy atom. The van der Waals surface area contributed by atoms with Crippen molar-refractivity contribution in [3.63, 3.8) is 0 Å². The van der Waals surface area contributed by atoms with Crippen LogP contribution in [0.4, 0.5) is 4.79 Å². The standard InChI is InChI=1S/C23H28N2O5/c1-14(2)20(22(26)27)24-23(28)25-11-10-16-12-18(29-3)19(30-4)13-17(16)21(25)15-8-6-5-7-9-15/h5-9,12-14,20-21H,10-11H2,1-4H3,(H,24,28)(H,26,27)/t20-,21?/m0/s1. The van der Waals surface area contributed by atoms with Crippen molar-refractivity contribution in [2.75, 3.05) is 20.8 Å². The number of carbonyl (C=O) groups excluding carboxylic acids is 1. The summed E-state index contributed by atoms with van der Waals surface area (Å²) in [6, 6.07) is 11.8. The van der Waals surface area contributed by atoms with Crippen molar-refractivity contribution in [1.29, 1.82) is 0 Å². The molecule has 0 spiro atoms. The normalized spacial score (nSPS) is 16.6.